The standard InChI is InChI=1S/C26H35N3O4/c1-20(30)28-25(22-8-4-3-5-9-22)18-26(31)27-19-21-7-6-10-24(17-21)33-16-13-29(2)23-11-14-32-15-12-23/h3-10,17,23,25H,11-16,18-19H2,1-2H3,(H,27,31)(H,28,30). The molecular formula is C26H35N3O4. The molecule has 0 saturated carbocycles. The van der Waals surface area contributed by atoms with Crippen LogP contribution in [0.25, 0.3) is 0 Å². The highest BCUT2D eigenvalue weighted by molar-refractivity contribution is 5.79. The van der Waals surface area contributed by atoms with Crippen molar-refractivity contribution in [1.82, 2.24) is 15.5 Å². The Hall–Kier alpha value is -2.90. The number of nitrogens with one attached hydrogen (secondary N) is 2. The maximum Gasteiger partial charge on any atom is 0.222 e. The molecule has 2 aromatic rings. The van der Waals surface area contributed by atoms with E-state index >= 15 is 0 Å². The molecule has 1 fully saturated rings. The van der Waals surface area contributed by atoms with Gasteiger partial charge in [0, 0.05) is 39.3 Å². The number of hydrogen-bond donors (Lipinski definition) is 2. The van der Waals surface area contributed by atoms with E-state index in [-0.39, 0.29) is 24.3 Å². The predicted molar refractivity (Wildman–Crippen MR) is 128 cm³/mol. The average Bonchev–Trinajstić information content (AvgIpc) is 2.83. The van der Waals surface area contributed by atoms with Gasteiger partial charge in [0.15, 0.2) is 0 Å². The molecule has 1 saturated heterocycles. The largest absolute Gasteiger partial charge is 0.492 e. The lowest BCUT2D eigenvalue weighted by Crippen LogP contribution is -2.38. The molecule has 178 valence electrons. The number of rotatable bonds is 11. The third-order valence-electron chi connectivity index (χ3n) is 5.88. The fourth-order valence-electron chi connectivity index (χ4n) is 4.00. The van der Waals surface area contributed by atoms with Crippen LogP contribution in [0.4, 0.5) is 0 Å². The SMILES string of the molecule is CC(=O)NC(CC(=O)NCc1cccc(OCCN(C)C2CCOCC2)c1)c1ccccc1. The van der Waals surface area contributed by atoms with Gasteiger partial charge in [-0.05, 0) is 43.1 Å². The van der Waals surface area contributed by atoms with Crippen LogP contribution >= 0.6 is 0 Å². The molecule has 0 radical (unpaired) electrons. The van der Waals surface area contributed by atoms with E-state index in [2.05, 4.69) is 22.6 Å². The highest BCUT2D eigenvalue weighted by atomic mass is 16.5. The van der Waals surface area contributed by atoms with E-state index in [1.807, 2.05) is 54.6 Å². The van der Waals surface area contributed by atoms with Gasteiger partial charge >= 0.3 is 0 Å². The zero-order valence-corrected chi connectivity index (χ0v) is 19.6. The molecule has 7 heteroatoms. The molecule has 0 aromatic heterocycles. The van der Waals surface area contributed by atoms with Crippen molar-refractivity contribution in [3.8, 4) is 5.75 Å². The Morgan fingerprint density at radius 2 is 1.88 bits per heavy atom. The van der Waals surface area contributed by atoms with E-state index in [9.17, 15) is 9.59 Å². The van der Waals surface area contributed by atoms with Gasteiger partial charge in [0.2, 0.25) is 11.8 Å². The summed E-state index contributed by atoms with van der Waals surface area (Å²) in [6, 6.07) is 17.5. The summed E-state index contributed by atoms with van der Waals surface area (Å²) < 4.78 is 11.4. The molecule has 2 aromatic carbocycles. The molecule has 1 aliphatic rings. The molecule has 33 heavy (non-hydrogen) atoms. The van der Waals surface area contributed by atoms with Crippen LogP contribution < -0.4 is 15.4 Å². The minimum Gasteiger partial charge on any atom is -0.492 e. The Bertz CT molecular complexity index is 884. The molecule has 0 bridgehead atoms. The second-order valence-corrected chi connectivity index (χ2v) is 8.46. The molecule has 0 aliphatic carbocycles. The van der Waals surface area contributed by atoms with Gasteiger partial charge in [-0.2, -0.15) is 0 Å². The molecule has 1 atom stereocenters. The number of amides is 2. The first-order valence-corrected chi connectivity index (χ1v) is 11.6. The highest BCUT2D eigenvalue weighted by Crippen LogP contribution is 2.18. The van der Waals surface area contributed by atoms with Crippen molar-refractivity contribution in [2.24, 2.45) is 0 Å². The Kier molecular flexibility index (Phi) is 9.72. The number of likely N-dealkylation sites (N-methyl/N-ethyl adjacent to an activating group) is 1. The van der Waals surface area contributed by atoms with Gasteiger partial charge in [0.05, 0.1) is 12.5 Å². The van der Waals surface area contributed by atoms with Gasteiger partial charge in [-0.25, -0.2) is 0 Å². The van der Waals surface area contributed by atoms with Gasteiger partial charge in [-0.15, -0.1) is 0 Å². The maximum absolute atomic E-state index is 12.6. The van der Waals surface area contributed by atoms with Crippen molar-refractivity contribution in [3.05, 3.63) is 65.7 Å². The number of ether oxygens (including phenoxy) is 2. The fraction of sp³-hybridized carbons (Fsp3) is 0.462. The molecule has 0 spiro atoms. The first-order chi connectivity index (χ1) is 16.0. The number of hydrogen-bond acceptors (Lipinski definition) is 5. The molecule has 2 N–H and O–H groups in total. The summed E-state index contributed by atoms with van der Waals surface area (Å²) in [6.07, 6.45) is 2.32. The van der Waals surface area contributed by atoms with Crippen molar-refractivity contribution in [2.45, 2.75) is 44.8 Å². The zero-order chi connectivity index (χ0) is 23.5. The molecular weight excluding hydrogens is 418 g/mol. The minimum atomic E-state index is -0.355. The summed E-state index contributed by atoms with van der Waals surface area (Å²) in [5.41, 5.74) is 1.87. The number of benzene rings is 2. The smallest absolute Gasteiger partial charge is 0.222 e. The van der Waals surface area contributed by atoms with Gasteiger partial charge in [0.25, 0.3) is 0 Å². The summed E-state index contributed by atoms with van der Waals surface area (Å²) in [6.45, 7) is 5.00. The molecule has 1 aliphatic heterocycles. The first-order valence-electron chi connectivity index (χ1n) is 11.6. The van der Waals surface area contributed by atoms with Crippen LogP contribution in [0, 0.1) is 0 Å². The molecule has 7 nitrogen and oxygen atoms in total. The summed E-state index contributed by atoms with van der Waals surface area (Å²) >= 11 is 0. The van der Waals surface area contributed by atoms with Gasteiger partial charge in [0.1, 0.15) is 12.4 Å². The minimum absolute atomic E-state index is 0.123. The van der Waals surface area contributed by atoms with Crippen LogP contribution in [-0.2, 0) is 20.9 Å². The monoisotopic (exact) mass is 453 g/mol. The zero-order valence-electron chi connectivity index (χ0n) is 19.6. The predicted octanol–water partition coefficient (Wildman–Crippen LogP) is 3.06. The quantitative estimate of drug-likeness (QED) is 0.547. The third-order valence-corrected chi connectivity index (χ3v) is 5.88. The normalized spacial score (nSPS) is 15.1. The summed E-state index contributed by atoms with van der Waals surface area (Å²) in [5, 5.41) is 5.81. The van der Waals surface area contributed by atoms with Gasteiger partial charge in [-0.1, -0.05) is 42.5 Å². The summed E-state index contributed by atoms with van der Waals surface area (Å²) in [4.78, 5) is 26.5. The maximum atomic E-state index is 12.6. The lowest BCUT2D eigenvalue weighted by Gasteiger charge is -2.31. The van der Waals surface area contributed by atoms with Crippen LogP contribution in [0.2, 0.25) is 0 Å². The van der Waals surface area contributed by atoms with E-state index in [1.54, 1.807) is 0 Å². The van der Waals surface area contributed by atoms with Gasteiger partial charge in [-0.3, -0.25) is 14.5 Å². The number of carbonyl (C=O) groups is 2. The van der Waals surface area contributed by atoms with Crippen molar-refractivity contribution in [2.75, 3.05) is 33.4 Å². The van der Waals surface area contributed by atoms with E-state index in [0.717, 1.165) is 49.5 Å². The molecule has 1 heterocycles. The van der Waals surface area contributed by atoms with Crippen LogP contribution in [0.1, 0.15) is 43.4 Å². The van der Waals surface area contributed by atoms with Crippen LogP contribution in [0.3, 0.4) is 0 Å². The number of carbonyl (C=O) groups excluding carboxylic acids is 2. The third kappa shape index (κ3) is 8.51. The van der Waals surface area contributed by atoms with Gasteiger partial charge < -0.3 is 20.1 Å². The van der Waals surface area contributed by atoms with Crippen molar-refractivity contribution < 1.29 is 19.1 Å². The van der Waals surface area contributed by atoms with Crippen LogP contribution in [0.5, 0.6) is 5.75 Å². The molecule has 3 rings (SSSR count). The second kappa shape index (κ2) is 13.0. The van der Waals surface area contributed by atoms with Crippen molar-refractivity contribution in [3.63, 3.8) is 0 Å². The van der Waals surface area contributed by atoms with Crippen LogP contribution in [0.15, 0.2) is 54.6 Å². The summed E-state index contributed by atoms with van der Waals surface area (Å²) in [5.74, 6) is 0.508. The van der Waals surface area contributed by atoms with Crippen molar-refractivity contribution in [1.29, 1.82) is 0 Å². The van der Waals surface area contributed by atoms with Crippen molar-refractivity contribution >= 4 is 11.8 Å². The Morgan fingerprint density at radius 1 is 1.12 bits per heavy atom. The lowest BCUT2D eigenvalue weighted by molar-refractivity contribution is -0.122. The Balaban J connectivity index is 1.45. The second-order valence-electron chi connectivity index (χ2n) is 8.46. The molecule has 1 unspecified atom stereocenters. The fourth-order valence-corrected chi connectivity index (χ4v) is 4.00. The van der Waals surface area contributed by atoms with E-state index in [1.165, 1.54) is 6.92 Å². The van der Waals surface area contributed by atoms with Crippen LogP contribution in [-0.4, -0.2) is 56.2 Å². The van der Waals surface area contributed by atoms with E-state index in [0.29, 0.717) is 19.2 Å². The topological polar surface area (TPSA) is 79.9 Å². The lowest BCUT2D eigenvalue weighted by atomic mass is 10.0. The summed E-state index contributed by atoms with van der Waals surface area (Å²) in [7, 11) is 2.13. The Morgan fingerprint density at radius 3 is 2.61 bits per heavy atom. The average molecular weight is 454 g/mol. The Labute approximate surface area is 196 Å². The van der Waals surface area contributed by atoms with E-state index in [4.69, 9.17) is 9.47 Å². The molecule has 2 amide bonds. The number of nitrogens with zero attached hydrogens (tertiary/aromatic N) is 1. The first kappa shape index (κ1) is 24.7. The van der Waals surface area contributed by atoms with E-state index < -0.39 is 0 Å². The highest BCUT2D eigenvalue weighted by Gasteiger charge is 2.18.